The van der Waals surface area contributed by atoms with E-state index in [1.165, 1.54) is 36.6 Å². The molecule has 0 atom stereocenters. The van der Waals surface area contributed by atoms with Gasteiger partial charge in [0.05, 0.1) is 19.0 Å². The number of nitrogens with one attached hydrogen (secondary N) is 1. The highest BCUT2D eigenvalue weighted by atomic mass is 32.1. The molecule has 0 saturated heterocycles. The van der Waals surface area contributed by atoms with Crippen LogP contribution in [-0.4, -0.2) is 29.0 Å². The van der Waals surface area contributed by atoms with Crippen LogP contribution in [-0.2, 0) is 13.1 Å². The zero-order chi connectivity index (χ0) is 21.3. The predicted molar refractivity (Wildman–Crippen MR) is 114 cm³/mol. The Morgan fingerprint density at radius 1 is 1.13 bits per heavy atom. The van der Waals surface area contributed by atoms with E-state index in [2.05, 4.69) is 9.97 Å². The summed E-state index contributed by atoms with van der Waals surface area (Å²) in [6.07, 6.45) is 0. The Morgan fingerprint density at radius 2 is 1.90 bits per heavy atom. The second-order valence-corrected chi connectivity index (χ2v) is 7.85. The summed E-state index contributed by atoms with van der Waals surface area (Å²) in [5.74, 6) is -0.0142. The minimum Gasteiger partial charge on any atom is -0.494 e. The van der Waals surface area contributed by atoms with Crippen LogP contribution in [0.15, 0.2) is 52.6 Å². The number of nitrogens with zero attached hydrogens (tertiary/aromatic N) is 2. The van der Waals surface area contributed by atoms with Crippen LogP contribution in [0.25, 0.3) is 21.3 Å². The van der Waals surface area contributed by atoms with Gasteiger partial charge in [0.2, 0.25) is 0 Å². The molecule has 0 bridgehead atoms. The second kappa shape index (κ2) is 8.33. The van der Waals surface area contributed by atoms with Crippen LogP contribution >= 0.6 is 11.3 Å². The van der Waals surface area contributed by atoms with Gasteiger partial charge in [-0.3, -0.25) is 9.69 Å². The molecule has 4 rings (SSSR count). The highest BCUT2D eigenvalue weighted by molar-refractivity contribution is 7.17. The van der Waals surface area contributed by atoms with Crippen LogP contribution < -0.4 is 10.3 Å². The van der Waals surface area contributed by atoms with Crippen molar-refractivity contribution >= 4 is 21.6 Å². The minimum atomic E-state index is -0.414. The zero-order valence-electron chi connectivity index (χ0n) is 16.4. The first kappa shape index (κ1) is 20.2. The van der Waals surface area contributed by atoms with E-state index >= 15 is 0 Å². The summed E-state index contributed by atoms with van der Waals surface area (Å²) in [6, 6.07) is 10.8. The summed E-state index contributed by atoms with van der Waals surface area (Å²) in [5.41, 5.74) is 2.05. The molecule has 1 N–H and O–H groups in total. The maximum Gasteiger partial charge on any atom is 0.260 e. The topological polar surface area (TPSA) is 58.2 Å². The molecule has 0 saturated carbocycles. The van der Waals surface area contributed by atoms with Gasteiger partial charge in [-0.2, -0.15) is 0 Å². The molecule has 0 aliphatic rings. The molecule has 2 aromatic heterocycles. The Labute approximate surface area is 175 Å². The van der Waals surface area contributed by atoms with Gasteiger partial charge in [-0.25, -0.2) is 13.8 Å². The van der Waals surface area contributed by atoms with Crippen LogP contribution in [0.2, 0.25) is 0 Å². The standard InChI is InChI=1S/C22H19F2N3O2S/c1-27(10-13-3-8-18(29-2)17(24)9-13)11-19-25-21(28)20-16(12-30-22(20)26-19)14-4-6-15(23)7-5-14/h3-9,12H,10-11H2,1-2H3,(H,25,26,28). The Hall–Kier alpha value is -3.10. The molecule has 0 fully saturated rings. The van der Waals surface area contributed by atoms with Crippen molar-refractivity contribution in [2.75, 3.05) is 14.2 Å². The molecule has 0 amide bonds. The summed E-state index contributed by atoms with van der Waals surface area (Å²) >= 11 is 1.37. The molecule has 4 aromatic rings. The van der Waals surface area contributed by atoms with E-state index in [0.717, 1.165) is 16.7 Å². The number of methoxy groups -OCH3 is 1. The molecule has 5 nitrogen and oxygen atoms in total. The van der Waals surface area contributed by atoms with Crippen molar-refractivity contribution in [1.82, 2.24) is 14.9 Å². The van der Waals surface area contributed by atoms with Gasteiger partial charge in [0.1, 0.15) is 16.5 Å². The first-order valence-corrected chi connectivity index (χ1v) is 10.1. The number of fused-ring (bicyclic) bond motifs is 1. The van der Waals surface area contributed by atoms with Crippen molar-refractivity contribution in [3.63, 3.8) is 0 Å². The molecule has 0 radical (unpaired) electrons. The van der Waals surface area contributed by atoms with Crippen LogP contribution in [0.5, 0.6) is 5.75 Å². The number of hydrogen-bond acceptors (Lipinski definition) is 5. The van der Waals surface area contributed by atoms with Crippen molar-refractivity contribution in [2.45, 2.75) is 13.1 Å². The van der Waals surface area contributed by atoms with E-state index < -0.39 is 5.82 Å². The molecule has 0 aliphatic carbocycles. The third kappa shape index (κ3) is 4.10. The molecular weight excluding hydrogens is 408 g/mol. The highest BCUT2D eigenvalue weighted by Gasteiger charge is 2.14. The maximum atomic E-state index is 13.9. The molecular formula is C22H19F2N3O2S. The quantitative estimate of drug-likeness (QED) is 0.490. The second-order valence-electron chi connectivity index (χ2n) is 6.99. The highest BCUT2D eigenvalue weighted by Crippen LogP contribution is 2.30. The van der Waals surface area contributed by atoms with Gasteiger partial charge in [-0.1, -0.05) is 18.2 Å². The number of benzene rings is 2. The largest absolute Gasteiger partial charge is 0.494 e. The fourth-order valence-electron chi connectivity index (χ4n) is 3.34. The van der Waals surface area contributed by atoms with Crippen molar-refractivity contribution in [3.8, 4) is 16.9 Å². The van der Waals surface area contributed by atoms with Crippen LogP contribution in [0.3, 0.4) is 0 Å². The minimum absolute atomic E-state index is 0.201. The lowest BCUT2D eigenvalue weighted by atomic mass is 10.1. The van der Waals surface area contributed by atoms with Gasteiger partial charge in [0.15, 0.2) is 11.6 Å². The maximum absolute atomic E-state index is 13.9. The summed E-state index contributed by atoms with van der Waals surface area (Å²) in [7, 11) is 3.29. The summed E-state index contributed by atoms with van der Waals surface area (Å²) < 4.78 is 32.0. The SMILES string of the molecule is COc1ccc(CN(C)Cc2nc3scc(-c4ccc(F)cc4)c3c(=O)[nH]2)cc1F. The van der Waals surface area contributed by atoms with Crippen LogP contribution in [0, 0.1) is 11.6 Å². The molecule has 0 aliphatic heterocycles. The van der Waals surface area contributed by atoms with Gasteiger partial charge in [-0.05, 0) is 42.4 Å². The number of ether oxygens (including phenoxy) is 1. The lowest BCUT2D eigenvalue weighted by Crippen LogP contribution is -2.21. The van der Waals surface area contributed by atoms with E-state index in [1.807, 2.05) is 17.3 Å². The zero-order valence-corrected chi connectivity index (χ0v) is 17.2. The molecule has 2 aromatic carbocycles. The van der Waals surface area contributed by atoms with Gasteiger partial charge >= 0.3 is 0 Å². The average molecular weight is 427 g/mol. The first-order valence-electron chi connectivity index (χ1n) is 9.22. The molecule has 2 heterocycles. The van der Waals surface area contributed by atoms with Crippen molar-refractivity contribution in [2.24, 2.45) is 0 Å². The third-order valence-electron chi connectivity index (χ3n) is 4.74. The fourth-order valence-corrected chi connectivity index (χ4v) is 4.31. The summed E-state index contributed by atoms with van der Waals surface area (Å²) in [4.78, 5) is 22.7. The van der Waals surface area contributed by atoms with E-state index in [1.54, 1.807) is 24.3 Å². The van der Waals surface area contributed by atoms with Crippen molar-refractivity contribution in [1.29, 1.82) is 0 Å². The number of aromatic nitrogens is 2. The lowest BCUT2D eigenvalue weighted by Gasteiger charge is -2.16. The molecule has 8 heteroatoms. The normalized spacial score (nSPS) is 11.4. The Balaban J connectivity index is 1.56. The lowest BCUT2D eigenvalue weighted by molar-refractivity contribution is 0.309. The van der Waals surface area contributed by atoms with Gasteiger partial charge < -0.3 is 9.72 Å². The smallest absolute Gasteiger partial charge is 0.260 e. The Morgan fingerprint density at radius 3 is 2.60 bits per heavy atom. The number of halogens is 2. The molecule has 30 heavy (non-hydrogen) atoms. The Kier molecular flexibility index (Phi) is 5.61. The van der Waals surface area contributed by atoms with Crippen molar-refractivity contribution in [3.05, 3.63) is 81.2 Å². The summed E-state index contributed by atoms with van der Waals surface area (Å²) in [6.45, 7) is 0.872. The fraction of sp³-hybridized carbons (Fsp3) is 0.182. The van der Waals surface area contributed by atoms with Gasteiger partial charge in [-0.15, -0.1) is 11.3 Å². The van der Waals surface area contributed by atoms with Gasteiger partial charge in [0, 0.05) is 17.5 Å². The monoisotopic (exact) mass is 427 g/mol. The molecule has 0 spiro atoms. The Bertz CT molecular complexity index is 1250. The number of hydrogen-bond donors (Lipinski definition) is 1. The van der Waals surface area contributed by atoms with E-state index in [0.29, 0.717) is 29.1 Å². The summed E-state index contributed by atoms with van der Waals surface area (Å²) in [5, 5.41) is 2.35. The van der Waals surface area contributed by atoms with Gasteiger partial charge in [0.25, 0.3) is 5.56 Å². The van der Waals surface area contributed by atoms with E-state index in [9.17, 15) is 13.6 Å². The number of aromatic amines is 1. The molecule has 154 valence electrons. The van der Waals surface area contributed by atoms with Crippen LogP contribution in [0.4, 0.5) is 8.78 Å². The van der Waals surface area contributed by atoms with Crippen LogP contribution in [0.1, 0.15) is 11.4 Å². The van der Waals surface area contributed by atoms with Crippen molar-refractivity contribution < 1.29 is 13.5 Å². The number of rotatable bonds is 6. The third-order valence-corrected chi connectivity index (χ3v) is 5.61. The van der Waals surface area contributed by atoms with E-state index in [-0.39, 0.29) is 17.1 Å². The number of thiophene rings is 1. The average Bonchev–Trinajstić information content (AvgIpc) is 3.13. The predicted octanol–water partition coefficient (Wildman–Crippen LogP) is 4.57. The van der Waals surface area contributed by atoms with E-state index in [4.69, 9.17) is 4.74 Å². The molecule has 0 unspecified atom stereocenters. The first-order chi connectivity index (χ1) is 14.4. The number of H-pyrrole nitrogens is 1.